The van der Waals surface area contributed by atoms with E-state index >= 15 is 0 Å². The molecule has 0 bridgehead atoms. The van der Waals surface area contributed by atoms with Crippen molar-refractivity contribution in [1.29, 1.82) is 0 Å². The average Bonchev–Trinajstić information content (AvgIpc) is 3.08. The van der Waals surface area contributed by atoms with Crippen LogP contribution in [-0.4, -0.2) is 33.4 Å². The number of nitrogen functional groups attached to an aromatic ring is 1. The van der Waals surface area contributed by atoms with Crippen LogP contribution in [-0.2, 0) is 4.74 Å². The number of benzene rings is 1. The van der Waals surface area contributed by atoms with Gasteiger partial charge in [0.2, 0.25) is 0 Å². The standard InChI is InChI=1S/C13H16ClN5O/c1-20-10-4-3-9(7-10)19-13(16-17-18-19)11-6-8(15)2-5-12(11)14/h2,5-6,9-10H,3-4,7,15H2,1H3. The quantitative estimate of drug-likeness (QED) is 0.879. The Balaban J connectivity index is 1.96. The molecule has 7 heteroatoms. The summed E-state index contributed by atoms with van der Waals surface area (Å²) in [4.78, 5) is 0. The van der Waals surface area contributed by atoms with E-state index < -0.39 is 0 Å². The summed E-state index contributed by atoms with van der Waals surface area (Å²) in [6.45, 7) is 0. The minimum Gasteiger partial charge on any atom is -0.399 e. The summed E-state index contributed by atoms with van der Waals surface area (Å²) in [5.74, 6) is 0.657. The molecule has 0 radical (unpaired) electrons. The first-order valence-electron chi connectivity index (χ1n) is 6.55. The lowest BCUT2D eigenvalue weighted by atomic mass is 10.1. The Labute approximate surface area is 121 Å². The van der Waals surface area contributed by atoms with Gasteiger partial charge in [0, 0.05) is 18.4 Å². The van der Waals surface area contributed by atoms with E-state index in [-0.39, 0.29) is 12.1 Å². The number of rotatable bonds is 3. The molecule has 1 heterocycles. The van der Waals surface area contributed by atoms with Crippen LogP contribution in [0.15, 0.2) is 18.2 Å². The van der Waals surface area contributed by atoms with Crippen molar-refractivity contribution in [3.8, 4) is 11.4 Å². The fourth-order valence-electron chi connectivity index (χ4n) is 2.68. The van der Waals surface area contributed by atoms with E-state index in [0.29, 0.717) is 16.5 Å². The molecule has 1 aromatic heterocycles. The summed E-state index contributed by atoms with van der Waals surface area (Å²) in [7, 11) is 1.74. The molecule has 2 aromatic rings. The second-order valence-electron chi connectivity index (χ2n) is 5.01. The van der Waals surface area contributed by atoms with Gasteiger partial charge in [-0.15, -0.1) is 5.10 Å². The Kier molecular flexibility index (Phi) is 3.58. The highest BCUT2D eigenvalue weighted by Crippen LogP contribution is 2.35. The van der Waals surface area contributed by atoms with Crippen LogP contribution >= 0.6 is 11.6 Å². The smallest absolute Gasteiger partial charge is 0.183 e. The highest BCUT2D eigenvalue weighted by molar-refractivity contribution is 6.33. The van der Waals surface area contributed by atoms with Crippen LogP contribution in [0, 0.1) is 0 Å². The molecule has 1 fully saturated rings. The average molecular weight is 294 g/mol. The first-order chi connectivity index (χ1) is 9.69. The van der Waals surface area contributed by atoms with Crippen LogP contribution in [0.4, 0.5) is 5.69 Å². The molecule has 0 amide bonds. The van der Waals surface area contributed by atoms with E-state index in [9.17, 15) is 0 Å². The molecule has 0 aliphatic heterocycles. The van der Waals surface area contributed by atoms with E-state index in [1.54, 1.807) is 25.3 Å². The van der Waals surface area contributed by atoms with Gasteiger partial charge in [-0.2, -0.15) is 0 Å². The van der Waals surface area contributed by atoms with Crippen molar-refractivity contribution in [1.82, 2.24) is 20.2 Å². The topological polar surface area (TPSA) is 78.8 Å². The summed E-state index contributed by atoms with van der Waals surface area (Å²) in [6.07, 6.45) is 3.20. The van der Waals surface area contributed by atoms with E-state index in [2.05, 4.69) is 15.5 Å². The molecule has 6 nitrogen and oxygen atoms in total. The lowest BCUT2D eigenvalue weighted by molar-refractivity contribution is 0.105. The van der Waals surface area contributed by atoms with Gasteiger partial charge in [-0.1, -0.05) is 11.6 Å². The Hall–Kier alpha value is -1.66. The van der Waals surface area contributed by atoms with Crippen LogP contribution in [0.3, 0.4) is 0 Å². The zero-order valence-corrected chi connectivity index (χ0v) is 11.9. The fourth-order valence-corrected chi connectivity index (χ4v) is 2.89. The van der Waals surface area contributed by atoms with Gasteiger partial charge in [0.25, 0.3) is 0 Å². The number of aromatic nitrogens is 4. The third-order valence-electron chi connectivity index (χ3n) is 3.76. The second-order valence-corrected chi connectivity index (χ2v) is 5.42. The third kappa shape index (κ3) is 2.36. The minimum absolute atomic E-state index is 0.238. The van der Waals surface area contributed by atoms with Gasteiger partial charge in [-0.05, 0) is 47.9 Å². The Morgan fingerprint density at radius 2 is 2.25 bits per heavy atom. The predicted octanol–water partition coefficient (Wildman–Crippen LogP) is 2.32. The maximum atomic E-state index is 6.23. The van der Waals surface area contributed by atoms with E-state index in [0.717, 1.165) is 24.8 Å². The van der Waals surface area contributed by atoms with Crippen molar-refractivity contribution in [3.05, 3.63) is 23.2 Å². The lowest BCUT2D eigenvalue weighted by Gasteiger charge is -2.13. The van der Waals surface area contributed by atoms with Crippen molar-refractivity contribution >= 4 is 17.3 Å². The normalized spacial score (nSPS) is 22.3. The van der Waals surface area contributed by atoms with Gasteiger partial charge in [0.15, 0.2) is 5.82 Å². The monoisotopic (exact) mass is 293 g/mol. The highest BCUT2D eigenvalue weighted by atomic mass is 35.5. The van der Waals surface area contributed by atoms with Gasteiger partial charge in [0.1, 0.15) is 0 Å². The van der Waals surface area contributed by atoms with Crippen LogP contribution < -0.4 is 5.73 Å². The molecule has 106 valence electrons. The van der Waals surface area contributed by atoms with Gasteiger partial charge in [0.05, 0.1) is 17.2 Å². The molecule has 1 aliphatic carbocycles. The first-order valence-corrected chi connectivity index (χ1v) is 6.93. The molecule has 1 aliphatic rings. The van der Waals surface area contributed by atoms with Crippen LogP contribution in [0.2, 0.25) is 5.02 Å². The molecule has 1 aromatic carbocycles. The number of nitrogens with two attached hydrogens (primary N) is 1. The number of nitrogens with zero attached hydrogens (tertiary/aromatic N) is 4. The predicted molar refractivity (Wildman–Crippen MR) is 76.4 cm³/mol. The minimum atomic E-state index is 0.238. The first kappa shape index (κ1) is 13.3. The number of hydrogen-bond donors (Lipinski definition) is 1. The van der Waals surface area contributed by atoms with Gasteiger partial charge < -0.3 is 10.5 Å². The second kappa shape index (κ2) is 5.38. The molecule has 20 heavy (non-hydrogen) atoms. The maximum absolute atomic E-state index is 6.23. The molecule has 2 unspecified atom stereocenters. The highest BCUT2D eigenvalue weighted by Gasteiger charge is 2.29. The third-order valence-corrected chi connectivity index (χ3v) is 4.09. The van der Waals surface area contributed by atoms with Crippen LogP contribution in [0.1, 0.15) is 25.3 Å². The molecular weight excluding hydrogens is 278 g/mol. The molecule has 2 atom stereocenters. The lowest BCUT2D eigenvalue weighted by Crippen LogP contribution is -2.12. The van der Waals surface area contributed by atoms with E-state index in [4.69, 9.17) is 22.1 Å². The number of tetrazole rings is 1. The SMILES string of the molecule is COC1CCC(n2nnnc2-c2cc(N)ccc2Cl)C1. The summed E-state index contributed by atoms with van der Waals surface area (Å²) < 4.78 is 7.23. The Morgan fingerprint density at radius 1 is 1.40 bits per heavy atom. The summed E-state index contributed by atoms with van der Waals surface area (Å²) >= 11 is 6.23. The number of halogens is 1. The molecule has 0 spiro atoms. The molecule has 0 saturated heterocycles. The van der Waals surface area contributed by atoms with E-state index in [1.807, 2.05) is 4.68 Å². The van der Waals surface area contributed by atoms with Gasteiger partial charge in [-0.25, -0.2) is 4.68 Å². The Morgan fingerprint density at radius 3 is 3.00 bits per heavy atom. The van der Waals surface area contributed by atoms with Crippen LogP contribution in [0.25, 0.3) is 11.4 Å². The number of ether oxygens (including phenoxy) is 1. The van der Waals surface area contributed by atoms with Gasteiger partial charge >= 0.3 is 0 Å². The van der Waals surface area contributed by atoms with Crippen molar-refractivity contribution in [3.63, 3.8) is 0 Å². The van der Waals surface area contributed by atoms with Crippen LogP contribution in [0.5, 0.6) is 0 Å². The number of methoxy groups -OCH3 is 1. The fraction of sp³-hybridized carbons (Fsp3) is 0.462. The van der Waals surface area contributed by atoms with Crippen molar-refractivity contribution in [2.45, 2.75) is 31.4 Å². The zero-order chi connectivity index (χ0) is 14.1. The largest absolute Gasteiger partial charge is 0.399 e. The summed E-state index contributed by atoms with van der Waals surface area (Å²) in [5, 5.41) is 12.6. The zero-order valence-electron chi connectivity index (χ0n) is 11.2. The molecular formula is C13H16ClN5O. The van der Waals surface area contributed by atoms with Crippen molar-refractivity contribution in [2.24, 2.45) is 0 Å². The molecule has 2 N–H and O–H groups in total. The van der Waals surface area contributed by atoms with Gasteiger partial charge in [-0.3, -0.25) is 0 Å². The van der Waals surface area contributed by atoms with Crippen molar-refractivity contribution < 1.29 is 4.74 Å². The molecule has 3 rings (SSSR count). The number of hydrogen-bond acceptors (Lipinski definition) is 5. The Bertz CT molecular complexity index is 615. The summed E-state index contributed by atoms with van der Waals surface area (Å²) in [6, 6.07) is 5.56. The molecule has 1 saturated carbocycles. The van der Waals surface area contributed by atoms with Crippen molar-refractivity contribution in [2.75, 3.05) is 12.8 Å². The summed E-state index contributed by atoms with van der Waals surface area (Å²) in [5.41, 5.74) is 7.22. The van der Waals surface area contributed by atoms with E-state index in [1.165, 1.54) is 0 Å². The maximum Gasteiger partial charge on any atom is 0.183 e. The number of anilines is 1.